The lowest BCUT2D eigenvalue weighted by Crippen LogP contribution is -2.30. The van der Waals surface area contributed by atoms with Crippen molar-refractivity contribution in [3.05, 3.63) is 53.1 Å². The fraction of sp³-hybridized carbons (Fsp3) is 0.400. The molecule has 0 fully saturated rings. The molecule has 1 unspecified atom stereocenters. The molecule has 4 nitrogen and oxygen atoms in total. The molecule has 5 heteroatoms. The van der Waals surface area contributed by atoms with E-state index in [1.54, 1.807) is 12.1 Å². The molecule has 2 aromatic rings. The molecule has 1 heterocycles. The van der Waals surface area contributed by atoms with Gasteiger partial charge in [-0.25, -0.2) is 4.39 Å². The third-order valence-corrected chi connectivity index (χ3v) is 3.46. The van der Waals surface area contributed by atoms with Gasteiger partial charge in [0.2, 0.25) is 0 Å². The second kappa shape index (κ2) is 6.63. The van der Waals surface area contributed by atoms with Crippen LogP contribution in [-0.2, 0) is 19.4 Å². The van der Waals surface area contributed by atoms with Gasteiger partial charge in [-0.1, -0.05) is 19.1 Å². The number of benzene rings is 1. The Labute approximate surface area is 118 Å². The first-order chi connectivity index (χ1) is 9.67. The summed E-state index contributed by atoms with van der Waals surface area (Å²) in [6.07, 6.45) is 1.64. The Morgan fingerprint density at radius 2 is 2.00 bits per heavy atom. The zero-order chi connectivity index (χ0) is 14.5. The van der Waals surface area contributed by atoms with Crippen LogP contribution in [0, 0.1) is 5.82 Å². The van der Waals surface area contributed by atoms with Crippen molar-refractivity contribution < 1.29 is 4.39 Å². The van der Waals surface area contributed by atoms with E-state index in [0.29, 0.717) is 0 Å². The number of hydrazine groups is 1. The molecule has 1 aromatic heterocycles. The molecular formula is C15H21FN4. The molecule has 1 aromatic carbocycles. The molecule has 1 atom stereocenters. The van der Waals surface area contributed by atoms with Crippen LogP contribution in [0.3, 0.4) is 0 Å². The first-order valence-corrected chi connectivity index (χ1v) is 6.95. The first kappa shape index (κ1) is 14.7. The maximum absolute atomic E-state index is 13.0. The summed E-state index contributed by atoms with van der Waals surface area (Å²) in [5.41, 5.74) is 5.99. The average Bonchev–Trinajstić information content (AvgIpc) is 2.88. The molecule has 0 aliphatic carbocycles. The van der Waals surface area contributed by atoms with Crippen LogP contribution in [0.15, 0.2) is 30.3 Å². The van der Waals surface area contributed by atoms with Crippen LogP contribution in [0.1, 0.15) is 36.8 Å². The number of aromatic nitrogens is 2. The lowest BCUT2D eigenvalue weighted by Gasteiger charge is -2.16. The zero-order valence-electron chi connectivity index (χ0n) is 11.9. The minimum atomic E-state index is -0.239. The number of hydrogen-bond acceptors (Lipinski definition) is 3. The second-order valence-corrected chi connectivity index (χ2v) is 4.77. The molecule has 0 aliphatic heterocycles. The van der Waals surface area contributed by atoms with E-state index in [0.717, 1.165) is 36.3 Å². The van der Waals surface area contributed by atoms with Gasteiger partial charge in [0, 0.05) is 18.7 Å². The molecule has 0 bridgehead atoms. The highest BCUT2D eigenvalue weighted by molar-refractivity contribution is 5.22. The van der Waals surface area contributed by atoms with Gasteiger partial charge in [-0.3, -0.25) is 16.0 Å². The van der Waals surface area contributed by atoms with Crippen LogP contribution in [0.25, 0.3) is 0 Å². The van der Waals surface area contributed by atoms with E-state index in [4.69, 9.17) is 5.84 Å². The van der Waals surface area contributed by atoms with E-state index in [1.165, 1.54) is 12.1 Å². The Balaban J connectivity index is 2.21. The van der Waals surface area contributed by atoms with Crippen LogP contribution in [0.5, 0.6) is 0 Å². The normalized spacial score (nSPS) is 12.6. The third-order valence-electron chi connectivity index (χ3n) is 3.46. The van der Waals surface area contributed by atoms with Crippen LogP contribution in [-0.4, -0.2) is 9.78 Å². The van der Waals surface area contributed by atoms with Crippen molar-refractivity contribution >= 4 is 0 Å². The Kier molecular flexibility index (Phi) is 4.87. The van der Waals surface area contributed by atoms with Gasteiger partial charge in [-0.05, 0) is 37.1 Å². The summed E-state index contributed by atoms with van der Waals surface area (Å²) in [6.45, 7) is 4.99. The van der Waals surface area contributed by atoms with Crippen molar-refractivity contribution in [1.82, 2.24) is 15.2 Å². The first-order valence-electron chi connectivity index (χ1n) is 6.95. The monoisotopic (exact) mass is 276 g/mol. The highest BCUT2D eigenvalue weighted by Gasteiger charge is 2.14. The van der Waals surface area contributed by atoms with Crippen molar-refractivity contribution in [2.45, 2.75) is 39.3 Å². The van der Waals surface area contributed by atoms with Crippen LogP contribution in [0.2, 0.25) is 0 Å². The van der Waals surface area contributed by atoms with Crippen LogP contribution < -0.4 is 11.3 Å². The zero-order valence-corrected chi connectivity index (χ0v) is 11.9. The standard InChI is InChI=1S/C15H21FN4/c1-3-13-9-14(20(4-2)19-13)10-15(18-17)11-5-7-12(16)8-6-11/h5-9,15,18H,3-4,10,17H2,1-2H3. The van der Waals surface area contributed by atoms with Crippen LogP contribution >= 0.6 is 0 Å². The van der Waals surface area contributed by atoms with Gasteiger partial charge >= 0.3 is 0 Å². The van der Waals surface area contributed by atoms with E-state index in [-0.39, 0.29) is 11.9 Å². The minimum Gasteiger partial charge on any atom is -0.271 e. The van der Waals surface area contributed by atoms with E-state index in [1.807, 2.05) is 4.68 Å². The number of rotatable bonds is 6. The molecule has 0 radical (unpaired) electrons. The summed E-state index contributed by atoms with van der Waals surface area (Å²) in [7, 11) is 0. The van der Waals surface area contributed by atoms with E-state index in [2.05, 4.69) is 30.4 Å². The second-order valence-electron chi connectivity index (χ2n) is 4.77. The quantitative estimate of drug-likeness (QED) is 0.629. The third kappa shape index (κ3) is 3.23. The Hall–Kier alpha value is -1.72. The molecule has 0 aliphatic rings. The predicted molar refractivity (Wildman–Crippen MR) is 77.4 cm³/mol. The number of nitrogens with zero attached hydrogens (tertiary/aromatic N) is 2. The lowest BCUT2D eigenvalue weighted by atomic mass is 10.0. The number of halogens is 1. The van der Waals surface area contributed by atoms with Gasteiger partial charge in [-0.2, -0.15) is 5.10 Å². The average molecular weight is 276 g/mol. The number of nitrogens with two attached hydrogens (primary N) is 1. The van der Waals surface area contributed by atoms with Gasteiger partial charge in [0.15, 0.2) is 0 Å². The van der Waals surface area contributed by atoms with E-state index >= 15 is 0 Å². The van der Waals surface area contributed by atoms with Crippen molar-refractivity contribution in [2.75, 3.05) is 0 Å². The number of hydrogen-bond donors (Lipinski definition) is 2. The van der Waals surface area contributed by atoms with Crippen molar-refractivity contribution in [2.24, 2.45) is 5.84 Å². The summed E-state index contributed by atoms with van der Waals surface area (Å²) >= 11 is 0. The van der Waals surface area contributed by atoms with Crippen molar-refractivity contribution in [3.63, 3.8) is 0 Å². The lowest BCUT2D eigenvalue weighted by molar-refractivity contribution is 0.515. The van der Waals surface area contributed by atoms with Crippen molar-refractivity contribution in [3.8, 4) is 0 Å². The Morgan fingerprint density at radius 3 is 2.55 bits per heavy atom. The van der Waals surface area contributed by atoms with E-state index < -0.39 is 0 Å². The SMILES string of the molecule is CCc1cc(CC(NN)c2ccc(F)cc2)n(CC)n1. The maximum atomic E-state index is 13.0. The molecule has 3 N–H and O–H groups in total. The maximum Gasteiger partial charge on any atom is 0.123 e. The topological polar surface area (TPSA) is 55.9 Å². The summed E-state index contributed by atoms with van der Waals surface area (Å²) < 4.78 is 15.0. The van der Waals surface area contributed by atoms with Gasteiger partial charge in [-0.15, -0.1) is 0 Å². The van der Waals surface area contributed by atoms with Gasteiger partial charge in [0.1, 0.15) is 5.82 Å². The highest BCUT2D eigenvalue weighted by Crippen LogP contribution is 2.19. The van der Waals surface area contributed by atoms with Crippen molar-refractivity contribution in [1.29, 1.82) is 0 Å². The molecule has 0 saturated heterocycles. The Morgan fingerprint density at radius 1 is 1.30 bits per heavy atom. The van der Waals surface area contributed by atoms with Gasteiger partial charge in [0.05, 0.1) is 11.7 Å². The van der Waals surface area contributed by atoms with Gasteiger partial charge < -0.3 is 0 Å². The summed E-state index contributed by atoms with van der Waals surface area (Å²) in [5.74, 6) is 5.41. The Bertz CT molecular complexity index is 548. The molecule has 0 spiro atoms. The minimum absolute atomic E-state index is 0.0534. The molecule has 20 heavy (non-hydrogen) atoms. The molecule has 0 saturated carbocycles. The predicted octanol–water partition coefficient (Wildman–Crippen LogP) is 2.35. The molecule has 2 rings (SSSR count). The van der Waals surface area contributed by atoms with Gasteiger partial charge in [0.25, 0.3) is 0 Å². The van der Waals surface area contributed by atoms with E-state index in [9.17, 15) is 4.39 Å². The van der Waals surface area contributed by atoms with Crippen LogP contribution in [0.4, 0.5) is 4.39 Å². The summed E-state index contributed by atoms with van der Waals surface area (Å²) in [6, 6.07) is 8.47. The highest BCUT2D eigenvalue weighted by atomic mass is 19.1. The fourth-order valence-corrected chi connectivity index (χ4v) is 2.30. The molecule has 0 amide bonds. The number of nitrogens with one attached hydrogen (secondary N) is 1. The fourth-order valence-electron chi connectivity index (χ4n) is 2.30. The largest absolute Gasteiger partial charge is 0.271 e. The summed E-state index contributed by atoms with van der Waals surface area (Å²) in [4.78, 5) is 0. The molecule has 108 valence electrons. The smallest absolute Gasteiger partial charge is 0.123 e. The number of aryl methyl sites for hydroxylation is 2. The summed E-state index contributed by atoms with van der Waals surface area (Å²) in [5, 5.41) is 4.53. The molecular weight excluding hydrogens is 255 g/mol.